The maximum Gasteiger partial charge on any atom is 0.423 e. The third kappa shape index (κ3) is 4.52. The Balaban J connectivity index is 4.88. The molecule has 2 N–H and O–H groups in total. The van der Waals surface area contributed by atoms with Crippen molar-refractivity contribution < 1.29 is 31.1 Å². The molecule has 0 spiro atoms. The average Bonchev–Trinajstić information content (AvgIpc) is 1.99. The van der Waals surface area contributed by atoms with Gasteiger partial charge in [0.05, 0.1) is 0 Å². The van der Waals surface area contributed by atoms with Gasteiger partial charge in [0.2, 0.25) is 6.10 Å². The zero-order valence-electron chi connectivity index (χ0n) is 8.02. The Labute approximate surface area is 92.7 Å². The van der Waals surface area contributed by atoms with Crippen LogP contribution in [0.25, 0.3) is 0 Å². The van der Waals surface area contributed by atoms with E-state index in [4.69, 9.17) is 5.73 Å². The highest BCUT2D eigenvalue weighted by Crippen LogP contribution is 2.36. The normalized spacial score (nSPS) is 15.2. The number of thiocarbonyl (C=S) groups is 1. The molecule has 0 bridgehead atoms. The van der Waals surface area contributed by atoms with Gasteiger partial charge in [-0.2, -0.15) is 26.3 Å². The van der Waals surface area contributed by atoms with Crippen LogP contribution in [-0.2, 0) is 4.74 Å². The minimum Gasteiger partial charge on any atom is -0.391 e. The number of ether oxygens (including phenoxy) is 1. The summed E-state index contributed by atoms with van der Waals surface area (Å²) in [7, 11) is 0. The van der Waals surface area contributed by atoms with Crippen LogP contribution in [0, 0.1) is 0 Å². The molecule has 96 valence electrons. The zero-order chi connectivity index (χ0) is 13.1. The summed E-state index contributed by atoms with van der Waals surface area (Å²) in [5, 5.41) is 0. The number of hydrogen-bond donors (Lipinski definition) is 1. The first-order valence-corrected chi connectivity index (χ1v) is 4.49. The van der Waals surface area contributed by atoms with Crippen LogP contribution >= 0.6 is 12.2 Å². The molecule has 0 amide bonds. The van der Waals surface area contributed by atoms with E-state index >= 15 is 0 Å². The van der Waals surface area contributed by atoms with Gasteiger partial charge in [0.15, 0.2) is 0 Å². The molecule has 0 saturated heterocycles. The van der Waals surface area contributed by atoms with Gasteiger partial charge in [-0.1, -0.05) is 19.1 Å². The molecule has 16 heavy (non-hydrogen) atoms. The van der Waals surface area contributed by atoms with Gasteiger partial charge in [0.25, 0.3) is 0 Å². The molecule has 0 aromatic carbocycles. The predicted octanol–water partition coefficient (Wildman–Crippen LogP) is 2.56. The summed E-state index contributed by atoms with van der Waals surface area (Å²) in [5.41, 5.74) is 4.95. The van der Waals surface area contributed by atoms with Gasteiger partial charge >= 0.3 is 12.4 Å². The van der Waals surface area contributed by atoms with E-state index in [1.165, 1.54) is 6.92 Å². The van der Waals surface area contributed by atoms with Crippen LogP contribution in [0.3, 0.4) is 0 Å². The van der Waals surface area contributed by atoms with Crippen molar-refractivity contribution in [3.05, 3.63) is 0 Å². The van der Waals surface area contributed by atoms with Crippen molar-refractivity contribution in [2.24, 2.45) is 5.73 Å². The molecule has 0 aromatic heterocycles. The molecule has 0 aliphatic heterocycles. The van der Waals surface area contributed by atoms with Gasteiger partial charge in [0, 0.05) is 0 Å². The van der Waals surface area contributed by atoms with Crippen LogP contribution in [0.5, 0.6) is 0 Å². The van der Waals surface area contributed by atoms with Crippen molar-refractivity contribution in [1.82, 2.24) is 0 Å². The van der Waals surface area contributed by atoms with Crippen LogP contribution in [-0.4, -0.2) is 29.5 Å². The van der Waals surface area contributed by atoms with Crippen LogP contribution < -0.4 is 5.73 Å². The van der Waals surface area contributed by atoms with Gasteiger partial charge in [-0.05, 0) is 6.42 Å². The maximum atomic E-state index is 12.0. The first kappa shape index (κ1) is 15.4. The molecular formula is C7H9F6NOS. The summed E-state index contributed by atoms with van der Waals surface area (Å²) < 4.78 is 76.2. The van der Waals surface area contributed by atoms with Crippen LogP contribution in [0.15, 0.2) is 0 Å². The number of alkyl halides is 6. The van der Waals surface area contributed by atoms with Crippen molar-refractivity contribution in [3.8, 4) is 0 Å². The average molecular weight is 269 g/mol. The Morgan fingerprint density at radius 1 is 1.19 bits per heavy atom. The predicted molar refractivity (Wildman–Crippen MR) is 47.8 cm³/mol. The molecular weight excluding hydrogens is 260 g/mol. The topological polar surface area (TPSA) is 35.2 Å². The Morgan fingerprint density at radius 2 is 1.56 bits per heavy atom. The molecule has 0 aliphatic carbocycles. The largest absolute Gasteiger partial charge is 0.423 e. The molecule has 9 heteroatoms. The van der Waals surface area contributed by atoms with Crippen LogP contribution in [0.4, 0.5) is 26.3 Å². The lowest BCUT2D eigenvalue weighted by Crippen LogP contribution is -2.48. The molecule has 0 heterocycles. The standard InChI is InChI=1S/C7H9F6NOS/c1-2-3(4(14)16)15-5(6(8,9)10)7(11,12)13/h3,5H,2H2,1H3,(H2,14,16). The van der Waals surface area contributed by atoms with E-state index in [1.54, 1.807) is 0 Å². The summed E-state index contributed by atoms with van der Waals surface area (Å²) in [6.07, 6.45) is -16.7. The van der Waals surface area contributed by atoms with Gasteiger partial charge in [-0.3, -0.25) is 0 Å². The molecule has 0 aromatic rings. The minimum atomic E-state index is -5.55. The fourth-order valence-corrected chi connectivity index (χ4v) is 1.09. The van der Waals surface area contributed by atoms with Gasteiger partial charge < -0.3 is 10.5 Å². The molecule has 0 saturated carbocycles. The smallest absolute Gasteiger partial charge is 0.391 e. The summed E-state index contributed by atoms with van der Waals surface area (Å²) in [6.45, 7) is 1.31. The van der Waals surface area contributed by atoms with E-state index in [2.05, 4.69) is 17.0 Å². The second-order valence-corrected chi connectivity index (χ2v) is 3.37. The third-order valence-electron chi connectivity index (χ3n) is 1.58. The van der Waals surface area contributed by atoms with Crippen LogP contribution in [0.2, 0.25) is 0 Å². The highest BCUT2D eigenvalue weighted by Gasteiger charge is 2.58. The molecule has 0 rings (SSSR count). The lowest BCUT2D eigenvalue weighted by atomic mass is 10.2. The Kier molecular flexibility index (Phi) is 4.99. The van der Waals surface area contributed by atoms with Crippen molar-refractivity contribution in [2.45, 2.75) is 37.9 Å². The Hall–Kier alpha value is -0.570. The Bertz CT molecular complexity index is 236. The fraction of sp³-hybridized carbons (Fsp3) is 0.857. The van der Waals surface area contributed by atoms with E-state index in [-0.39, 0.29) is 6.42 Å². The summed E-state index contributed by atoms with van der Waals surface area (Å²) >= 11 is 4.30. The SMILES string of the molecule is CCC(OC(C(F)(F)F)C(F)(F)F)C(N)=S. The number of halogens is 6. The second kappa shape index (κ2) is 5.17. The lowest BCUT2D eigenvalue weighted by Gasteiger charge is -2.26. The highest BCUT2D eigenvalue weighted by atomic mass is 32.1. The van der Waals surface area contributed by atoms with Gasteiger partial charge in [-0.15, -0.1) is 0 Å². The van der Waals surface area contributed by atoms with E-state index in [9.17, 15) is 26.3 Å². The van der Waals surface area contributed by atoms with E-state index in [1.807, 2.05) is 0 Å². The van der Waals surface area contributed by atoms with E-state index < -0.39 is 29.5 Å². The highest BCUT2D eigenvalue weighted by molar-refractivity contribution is 7.80. The molecule has 1 atom stereocenters. The first-order chi connectivity index (χ1) is 7.00. The number of rotatable bonds is 4. The van der Waals surface area contributed by atoms with Gasteiger partial charge in [-0.25, -0.2) is 0 Å². The molecule has 0 radical (unpaired) electrons. The minimum absolute atomic E-state index is 0.169. The molecule has 0 fully saturated rings. The quantitative estimate of drug-likeness (QED) is 0.629. The monoisotopic (exact) mass is 269 g/mol. The van der Waals surface area contributed by atoms with E-state index in [0.29, 0.717) is 0 Å². The second-order valence-electron chi connectivity index (χ2n) is 2.90. The van der Waals surface area contributed by atoms with E-state index in [0.717, 1.165) is 0 Å². The molecule has 0 aliphatic rings. The third-order valence-corrected chi connectivity index (χ3v) is 1.85. The summed E-state index contributed by atoms with van der Waals surface area (Å²) in [6, 6.07) is 0. The van der Waals surface area contributed by atoms with Crippen LogP contribution in [0.1, 0.15) is 13.3 Å². The molecule has 1 unspecified atom stereocenters. The molecule has 2 nitrogen and oxygen atoms in total. The van der Waals surface area contributed by atoms with Gasteiger partial charge in [0.1, 0.15) is 11.1 Å². The first-order valence-electron chi connectivity index (χ1n) is 4.08. The van der Waals surface area contributed by atoms with Crippen molar-refractivity contribution in [1.29, 1.82) is 0 Å². The van der Waals surface area contributed by atoms with Crippen molar-refractivity contribution in [3.63, 3.8) is 0 Å². The number of nitrogens with two attached hydrogens (primary N) is 1. The lowest BCUT2D eigenvalue weighted by molar-refractivity contribution is -0.326. The van der Waals surface area contributed by atoms with Crippen molar-refractivity contribution >= 4 is 17.2 Å². The zero-order valence-corrected chi connectivity index (χ0v) is 8.84. The fourth-order valence-electron chi connectivity index (χ4n) is 0.869. The maximum absolute atomic E-state index is 12.0. The summed E-state index contributed by atoms with van der Waals surface area (Å²) in [5.74, 6) is 0. The number of hydrogen-bond acceptors (Lipinski definition) is 2. The Morgan fingerprint density at radius 3 is 1.75 bits per heavy atom. The summed E-state index contributed by atoms with van der Waals surface area (Å²) in [4.78, 5) is -0.541. The van der Waals surface area contributed by atoms with Crippen molar-refractivity contribution in [2.75, 3.05) is 0 Å².